The number of esters is 1. The molecule has 2 heterocycles. The van der Waals surface area contributed by atoms with Gasteiger partial charge in [0.25, 0.3) is 11.7 Å². The average Bonchev–Trinajstić information content (AvgIpc) is 3.07. The molecule has 26 heavy (non-hydrogen) atoms. The predicted molar refractivity (Wildman–Crippen MR) is 87.6 cm³/mol. The van der Waals surface area contributed by atoms with Crippen molar-refractivity contribution < 1.29 is 32.6 Å². The predicted octanol–water partition coefficient (Wildman–Crippen LogP) is 2.92. The Balaban J connectivity index is 1.57. The summed E-state index contributed by atoms with van der Waals surface area (Å²) in [4.78, 5) is 27.7. The maximum atomic E-state index is 12.5. The van der Waals surface area contributed by atoms with Gasteiger partial charge in [0.15, 0.2) is 18.1 Å². The van der Waals surface area contributed by atoms with Crippen LogP contribution in [0.3, 0.4) is 0 Å². The third-order valence-corrected chi connectivity index (χ3v) is 3.91. The summed E-state index contributed by atoms with van der Waals surface area (Å²) >= 11 is 0.130. The Morgan fingerprint density at radius 3 is 2.88 bits per heavy atom. The Hall–Kier alpha value is -2.88. The van der Waals surface area contributed by atoms with Crippen molar-refractivity contribution in [2.24, 2.45) is 0 Å². The highest BCUT2D eigenvalue weighted by atomic mass is 32.2. The van der Waals surface area contributed by atoms with Gasteiger partial charge in [-0.25, -0.2) is 9.78 Å². The van der Waals surface area contributed by atoms with Crippen LogP contribution < -0.4 is 14.8 Å². The Morgan fingerprint density at radius 2 is 2.08 bits per heavy atom. The van der Waals surface area contributed by atoms with E-state index in [2.05, 4.69) is 10.3 Å². The van der Waals surface area contributed by atoms with Gasteiger partial charge in [0.2, 0.25) is 6.79 Å². The fourth-order valence-electron chi connectivity index (χ4n) is 2.10. The summed E-state index contributed by atoms with van der Waals surface area (Å²) < 4.78 is 40.2. The lowest BCUT2D eigenvalue weighted by Gasteiger charge is -2.09. The number of benzene rings is 1. The van der Waals surface area contributed by atoms with Gasteiger partial charge in [-0.1, -0.05) is 0 Å². The van der Waals surface area contributed by atoms with Gasteiger partial charge in [0.1, 0.15) is 5.03 Å². The van der Waals surface area contributed by atoms with Gasteiger partial charge in [-0.05, 0) is 36.0 Å². The smallest absolute Gasteiger partial charge is 0.341 e. The Morgan fingerprint density at radius 1 is 1.27 bits per heavy atom. The van der Waals surface area contributed by atoms with Crippen LogP contribution in [0.2, 0.25) is 0 Å². The van der Waals surface area contributed by atoms with Crippen molar-refractivity contribution in [3.63, 3.8) is 0 Å². The molecule has 0 saturated carbocycles. The molecule has 1 amide bonds. The van der Waals surface area contributed by atoms with Crippen LogP contribution in [-0.4, -0.2) is 36.0 Å². The van der Waals surface area contributed by atoms with E-state index in [9.17, 15) is 18.4 Å². The van der Waals surface area contributed by atoms with Crippen LogP contribution in [0.15, 0.2) is 41.6 Å². The summed E-state index contributed by atoms with van der Waals surface area (Å²) in [6.07, 6.45) is 1.29. The van der Waals surface area contributed by atoms with Crippen LogP contribution in [0.4, 0.5) is 14.5 Å². The highest BCUT2D eigenvalue weighted by Crippen LogP contribution is 2.34. The zero-order valence-electron chi connectivity index (χ0n) is 13.1. The quantitative estimate of drug-likeness (QED) is 0.607. The molecule has 10 heteroatoms. The number of amides is 1. The molecule has 0 fully saturated rings. The number of ether oxygens (including phenoxy) is 3. The van der Waals surface area contributed by atoms with Crippen molar-refractivity contribution in [1.29, 1.82) is 0 Å². The number of nitrogens with one attached hydrogen (secondary N) is 1. The number of carbonyl (C=O) groups is 2. The minimum Gasteiger partial charge on any atom is -0.454 e. The first-order chi connectivity index (χ1) is 12.5. The molecule has 1 aromatic heterocycles. The van der Waals surface area contributed by atoms with Crippen molar-refractivity contribution in [3.05, 3.63) is 42.1 Å². The zero-order valence-corrected chi connectivity index (χ0v) is 13.9. The number of pyridine rings is 1. The van der Waals surface area contributed by atoms with Crippen LogP contribution in [-0.2, 0) is 9.53 Å². The van der Waals surface area contributed by atoms with Crippen LogP contribution >= 0.6 is 11.8 Å². The number of hydrogen-bond donors (Lipinski definition) is 1. The first-order valence-corrected chi connectivity index (χ1v) is 8.17. The number of anilines is 1. The lowest BCUT2D eigenvalue weighted by molar-refractivity contribution is -0.119. The van der Waals surface area contributed by atoms with E-state index in [0.29, 0.717) is 17.2 Å². The molecular weight excluding hydrogens is 370 g/mol. The first kappa shape index (κ1) is 17.9. The van der Waals surface area contributed by atoms with E-state index in [-0.39, 0.29) is 29.1 Å². The van der Waals surface area contributed by atoms with E-state index in [0.717, 1.165) is 0 Å². The molecule has 0 spiro atoms. The van der Waals surface area contributed by atoms with E-state index in [1.165, 1.54) is 18.3 Å². The number of carbonyl (C=O) groups excluding carboxylic acids is 2. The second-order valence-electron chi connectivity index (χ2n) is 4.93. The van der Waals surface area contributed by atoms with E-state index in [1.807, 2.05) is 0 Å². The molecule has 3 rings (SSSR count). The summed E-state index contributed by atoms with van der Waals surface area (Å²) in [7, 11) is 0. The molecule has 0 atom stereocenters. The highest BCUT2D eigenvalue weighted by molar-refractivity contribution is 7.99. The summed E-state index contributed by atoms with van der Waals surface area (Å²) in [5.74, 6) is -3.18. The van der Waals surface area contributed by atoms with E-state index < -0.39 is 24.2 Å². The second kappa shape index (κ2) is 8.00. The van der Waals surface area contributed by atoms with Gasteiger partial charge >= 0.3 is 5.97 Å². The Labute approximate surface area is 150 Å². The lowest BCUT2D eigenvalue weighted by atomic mass is 10.3. The van der Waals surface area contributed by atoms with E-state index in [4.69, 9.17) is 14.2 Å². The molecular formula is C16H12F2N2O5S. The molecule has 0 aliphatic carbocycles. The van der Waals surface area contributed by atoms with Gasteiger partial charge in [-0.3, -0.25) is 4.79 Å². The minimum atomic E-state index is -2.73. The van der Waals surface area contributed by atoms with Gasteiger partial charge in [-0.15, -0.1) is 0 Å². The number of fused-ring (bicyclic) bond motifs is 1. The van der Waals surface area contributed by atoms with Crippen LogP contribution in [0, 0.1) is 0 Å². The van der Waals surface area contributed by atoms with Gasteiger partial charge in [0.05, 0.1) is 5.56 Å². The van der Waals surface area contributed by atoms with Gasteiger partial charge < -0.3 is 19.5 Å². The molecule has 1 aromatic carbocycles. The third-order valence-electron chi connectivity index (χ3n) is 3.18. The molecule has 1 N–H and O–H groups in total. The first-order valence-electron chi connectivity index (χ1n) is 7.29. The Bertz CT molecular complexity index is 834. The molecule has 0 radical (unpaired) electrons. The van der Waals surface area contributed by atoms with Crippen molar-refractivity contribution >= 4 is 29.3 Å². The molecule has 0 saturated heterocycles. The maximum absolute atomic E-state index is 12.5. The maximum Gasteiger partial charge on any atom is 0.341 e. The largest absolute Gasteiger partial charge is 0.454 e. The van der Waals surface area contributed by atoms with Gasteiger partial charge in [-0.2, -0.15) is 8.78 Å². The van der Waals surface area contributed by atoms with E-state index in [1.54, 1.807) is 18.2 Å². The molecule has 2 aromatic rings. The summed E-state index contributed by atoms with van der Waals surface area (Å²) in [5.41, 5.74) is 0.305. The third kappa shape index (κ3) is 4.39. The molecule has 1 aliphatic rings. The SMILES string of the molecule is O=C(COC(=O)c1cccnc1SC(F)F)Nc1ccc2c(c1)OCO2. The molecule has 0 bridgehead atoms. The summed E-state index contributed by atoms with van der Waals surface area (Å²) in [5, 5.41) is 2.37. The van der Waals surface area contributed by atoms with Gasteiger partial charge in [0, 0.05) is 18.0 Å². The number of halogens is 2. The topological polar surface area (TPSA) is 86.8 Å². The highest BCUT2D eigenvalue weighted by Gasteiger charge is 2.19. The minimum absolute atomic E-state index is 0.106. The summed E-state index contributed by atoms with van der Waals surface area (Å²) in [6.45, 7) is -0.477. The van der Waals surface area contributed by atoms with Crippen LogP contribution in [0.5, 0.6) is 11.5 Å². The van der Waals surface area contributed by atoms with Crippen molar-refractivity contribution in [1.82, 2.24) is 4.98 Å². The fraction of sp³-hybridized carbons (Fsp3) is 0.188. The summed E-state index contributed by atoms with van der Waals surface area (Å²) in [6, 6.07) is 7.52. The standard InChI is InChI=1S/C16H12F2N2O5S/c17-16(18)26-14-10(2-1-5-19-14)15(22)23-7-13(21)20-9-3-4-11-12(6-9)25-8-24-11/h1-6,16H,7-8H2,(H,20,21). The number of rotatable bonds is 6. The molecule has 7 nitrogen and oxygen atoms in total. The number of alkyl halides is 2. The average molecular weight is 382 g/mol. The van der Waals surface area contributed by atoms with Crippen LogP contribution in [0.25, 0.3) is 0 Å². The number of aromatic nitrogens is 1. The molecule has 1 aliphatic heterocycles. The van der Waals surface area contributed by atoms with Crippen LogP contribution in [0.1, 0.15) is 10.4 Å². The van der Waals surface area contributed by atoms with Crippen molar-refractivity contribution in [2.45, 2.75) is 10.8 Å². The fourth-order valence-corrected chi connectivity index (χ4v) is 2.67. The normalized spacial score (nSPS) is 12.1. The number of hydrogen-bond acceptors (Lipinski definition) is 7. The zero-order chi connectivity index (χ0) is 18.5. The molecule has 136 valence electrons. The Kier molecular flexibility index (Phi) is 5.52. The van der Waals surface area contributed by atoms with Crippen molar-refractivity contribution in [2.75, 3.05) is 18.7 Å². The second-order valence-corrected chi connectivity index (χ2v) is 5.91. The van der Waals surface area contributed by atoms with Crippen molar-refractivity contribution in [3.8, 4) is 11.5 Å². The number of thioether (sulfide) groups is 1. The molecule has 0 unspecified atom stereocenters. The lowest BCUT2D eigenvalue weighted by Crippen LogP contribution is -2.21. The van der Waals surface area contributed by atoms with E-state index >= 15 is 0 Å². The number of nitrogens with zero attached hydrogens (tertiary/aromatic N) is 1. The monoisotopic (exact) mass is 382 g/mol.